The molecule has 0 aliphatic rings. The van der Waals surface area contributed by atoms with Crippen LogP contribution in [0.15, 0.2) is 24.5 Å². The number of aryl methyl sites for hydroxylation is 1. The van der Waals surface area contributed by atoms with Crippen LogP contribution in [-0.4, -0.2) is 19.7 Å². The number of nitrogen functional groups attached to an aromatic ring is 1. The minimum atomic E-state index is -0.495. The molecule has 2 rings (SSSR count). The molecular weight excluding hydrogens is 236 g/mol. The molecule has 2 heterocycles. The van der Waals surface area contributed by atoms with Crippen molar-refractivity contribution in [2.45, 2.75) is 13.5 Å². The Morgan fingerprint density at radius 1 is 1.56 bits per heavy atom. The Hall–Kier alpha value is -2.48. The van der Waals surface area contributed by atoms with E-state index in [4.69, 9.17) is 5.84 Å². The van der Waals surface area contributed by atoms with Gasteiger partial charge >= 0.3 is 5.82 Å². The summed E-state index contributed by atoms with van der Waals surface area (Å²) in [5.41, 5.74) is 3.84. The molecule has 94 valence electrons. The Bertz CT molecular complexity index is 562. The summed E-state index contributed by atoms with van der Waals surface area (Å²) >= 11 is 0. The molecule has 18 heavy (non-hydrogen) atoms. The molecule has 2 aromatic heterocycles. The summed E-state index contributed by atoms with van der Waals surface area (Å²) in [7, 11) is 0. The van der Waals surface area contributed by atoms with Crippen LogP contribution in [0.4, 0.5) is 11.6 Å². The van der Waals surface area contributed by atoms with Gasteiger partial charge in [-0.3, -0.25) is 0 Å². The zero-order chi connectivity index (χ0) is 13.1. The molecule has 0 fully saturated rings. The average Bonchev–Trinajstić information content (AvgIpc) is 2.71. The lowest BCUT2D eigenvalue weighted by molar-refractivity contribution is -0.390. The van der Waals surface area contributed by atoms with Crippen LogP contribution in [0.25, 0.3) is 0 Å². The first-order valence-corrected chi connectivity index (χ1v) is 5.20. The summed E-state index contributed by atoms with van der Waals surface area (Å²) < 4.78 is 1.51. The van der Waals surface area contributed by atoms with Gasteiger partial charge in [-0.05, 0) is 23.5 Å². The maximum absolute atomic E-state index is 10.7. The smallest absolute Gasteiger partial charge is 0.358 e. The minimum absolute atomic E-state index is 0.122. The summed E-state index contributed by atoms with van der Waals surface area (Å²) in [4.78, 5) is 14.2. The molecule has 0 unspecified atom stereocenters. The number of nitrogens with one attached hydrogen (secondary N) is 1. The quantitative estimate of drug-likeness (QED) is 0.470. The van der Waals surface area contributed by atoms with Crippen LogP contribution < -0.4 is 11.3 Å². The van der Waals surface area contributed by atoms with E-state index in [2.05, 4.69) is 15.5 Å². The number of hydrogen-bond donors (Lipinski definition) is 2. The summed E-state index contributed by atoms with van der Waals surface area (Å²) in [6.45, 7) is 2.08. The van der Waals surface area contributed by atoms with Crippen molar-refractivity contribution in [1.82, 2.24) is 14.8 Å². The minimum Gasteiger partial charge on any atom is -0.358 e. The van der Waals surface area contributed by atoms with Crippen LogP contribution in [-0.2, 0) is 6.54 Å². The predicted octanol–water partition coefficient (Wildman–Crippen LogP) is 0.829. The fourth-order valence-electron chi connectivity index (χ4n) is 1.56. The van der Waals surface area contributed by atoms with Crippen molar-refractivity contribution in [2.24, 2.45) is 5.84 Å². The highest BCUT2D eigenvalue weighted by Crippen LogP contribution is 2.15. The molecule has 0 aliphatic heterocycles. The van der Waals surface area contributed by atoms with Gasteiger partial charge < -0.3 is 15.5 Å². The van der Waals surface area contributed by atoms with Crippen LogP contribution in [0.3, 0.4) is 0 Å². The molecule has 0 atom stereocenters. The van der Waals surface area contributed by atoms with E-state index in [1.807, 2.05) is 6.07 Å². The molecule has 0 aromatic carbocycles. The second kappa shape index (κ2) is 4.80. The molecule has 3 N–H and O–H groups in total. The number of anilines is 1. The highest BCUT2D eigenvalue weighted by atomic mass is 16.6. The monoisotopic (exact) mass is 248 g/mol. The van der Waals surface area contributed by atoms with Gasteiger partial charge in [0.2, 0.25) is 0 Å². The highest BCUT2D eigenvalue weighted by Gasteiger charge is 2.16. The molecule has 8 nitrogen and oxygen atoms in total. The first kappa shape index (κ1) is 12.0. The van der Waals surface area contributed by atoms with Crippen molar-refractivity contribution in [3.63, 3.8) is 0 Å². The van der Waals surface area contributed by atoms with Crippen molar-refractivity contribution in [3.8, 4) is 0 Å². The SMILES string of the molecule is Cc1cn(Cc2ccc(NN)nc2)nc1[N+](=O)[O-]. The Kier molecular flexibility index (Phi) is 3.20. The topological polar surface area (TPSA) is 112 Å². The van der Waals surface area contributed by atoms with Crippen molar-refractivity contribution in [1.29, 1.82) is 0 Å². The van der Waals surface area contributed by atoms with E-state index in [-0.39, 0.29) is 5.82 Å². The fourth-order valence-corrected chi connectivity index (χ4v) is 1.56. The maximum Gasteiger partial charge on any atom is 0.392 e. The van der Waals surface area contributed by atoms with Gasteiger partial charge in [0, 0.05) is 6.20 Å². The van der Waals surface area contributed by atoms with Crippen LogP contribution in [0.5, 0.6) is 0 Å². The van der Waals surface area contributed by atoms with Gasteiger partial charge in [0.25, 0.3) is 0 Å². The van der Waals surface area contributed by atoms with Gasteiger partial charge in [-0.25, -0.2) is 10.8 Å². The molecule has 0 saturated heterocycles. The molecule has 0 amide bonds. The van der Waals surface area contributed by atoms with Crippen LogP contribution in [0.2, 0.25) is 0 Å². The average molecular weight is 248 g/mol. The van der Waals surface area contributed by atoms with Gasteiger partial charge in [-0.2, -0.15) is 4.68 Å². The van der Waals surface area contributed by atoms with Crippen molar-refractivity contribution >= 4 is 11.6 Å². The van der Waals surface area contributed by atoms with E-state index < -0.39 is 4.92 Å². The number of nitro groups is 1. The van der Waals surface area contributed by atoms with E-state index in [1.165, 1.54) is 4.68 Å². The summed E-state index contributed by atoms with van der Waals surface area (Å²) in [6.07, 6.45) is 3.27. The van der Waals surface area contributed by atoms with Gasteiger partial charge in [-0.15, -0.1) is 0 Å². The van der Waals surface area contributed by atoms with Crippen molar-refractivity contribution < 1.29 is 4.92 Å². The van der Waals surface area contributed by atoms with Gasteiger partial charge in [0.15, 0.2) is 0 Å². The number of hydrazine groups is 1. The summed E-state index contributed by atoms with van der Waals surface area (Å²) in [6, 6.07) is 3.55. The lowest BCUT2D eigenvalue weighted by Crippen LogP contribution is -2.08. The molecule has 0 aliphatic carbocycles. The lowest BCUT2D eigenvalue weighted by atomic mass is 10.3. The Morgan fingerprint density at radius 3 is 2.83 bits per heavy atom. The predicted molar refractivity (Wildman–Crippen MR) is 64.8 cm³/mol. The maximum atomic E-state index is 10.7. The van der Waals surface area contributed by atoms with Gasteiger partial charge in [0.05, 0.1) is 23.4 Å². The summed E-state index contributed by atoms with van der Waals surface area (Å²) in [5.74, 6) is 5.64. The molecule has 0 spiro atoms. The van der Waals surface area contributed by atoms with Crippen molar-refractivity contribution in [3.05, 3.63) is 45.8 Å². The summed E-state index contributed by atoms with van der Waals surface area (Å²) in [5, 5.41) is 14.6. The van der Waals surface area contributed by atoms with Crippen molar-refractivity contribution in [2.75, 3.05) is 5.43 Å². The Morgan fingerprint density at radius 2 is 2.33 bits per heavy atom. The largest absolute Gasteiger partial charge is 0.392 e. The van der Waals surface area contributed by atoms with E-state index >= 15 is 0 Å². The Labute approximate surface area is 103 Å². The number of nitrogens with two attached hydrogens (primary N) is 1. The molecule has 0 bridgehead atoms. The second-order valence-corrected chi connectivity index (χ2v) is 3.79. The number of nitrogens with zero attached hydrogens (tertiary/aromatic N) is 4. The first-order chi connectivity index (χ1) is 8.60. The third-order valence-electron chi connectivity index (χ3n) is 2.41. The Balaban J connectivity index is 2.18. The molecular formula is C10H12N6O2. The van der Waals surface area contributed by atoms with E-state index in [0.29, 0.717) is 17.9 Å². The normalized spacial score (nSPS) is 10.3. The molecule has 8 heteroatoms. The zero-order valence-electron chi connectivity index (χ0n) is 9.70. The highest BCUT2D eigenvalue weighted by molar-refractivity contribution is 5.34. The van der Waals surface area contributed by atoms with Crippen LogP contribution >= 0.6 is 0 Å². The van der Waals surface area contributed by atoms with E-state index in [9.17, 15) is 10.1 Å². The molecule has 2 aromatic rings. The van der Waals surface area contributed by atoms with Crippen LogP contribution in [0.1, 0.15) is 11.1 Å². The number of rotatable bonds is 4. The van der Waals surface area contributed by atoms with Gasteiger partial charge in [-0.1, -0.05) is 6.07 Å². The van der Waals surface area contributed by atoms with Crippen LogP contribution in [0, 0.1) is 17.0 Å². The lowest BCUT2D eigenvalue weighted by Gasteiger charge is -2.00. The van der Waals surface area contributed by atoms with Gasteiger partial charge in [0.1, 0.15) is 5.82 Å². The molecule has 0 radical (unpaired) electrons. The number of aromatic nitrogens is 3. The molecule has 0 saturated carbocycles. The van der Waals surface area contributed by atoms with E-state index in [1.54, 1.807) is 25.4 Å². The third kappa shape index (κ3) is 2.43. The number of pyridine rings is 1. The zero-order valence-corrected chi connectivity index (χ0v) is 9.70. The number of hydrogen-bond acceptors (Lipinski definition) is 6. The fraction of sp³-hybridized carbons (Fsp3) is 0.200. The second-order valence-electron chi connectivity index (χ2n) is 3.79. The third-order valence-corrected chi connectivity index (χ3v) is 2.41. The standard InChI is InChI=1S/C10H12N6O2/c1-7-5-15(14-10(7)16(17)18)6-8-2-3-9(13-11)12-4-8/h2-5H,6,11H2,1H3,(H,12,13). The first-order valence-electron chi connectivity index (χ1n) is 5.20. The van der Waals surface area contributed by atoms with E-state index in [0.717, 1.165) is 5.56 Å².